The molecule has 4 nitrogen and oxygen atoms in total. The number of hydrogen-bond donors (Lipinski definition) is 2. The summed E-state index contributed by atoms with van der Waals surface area (Å²) in [6.07, 6.45) is 3.14. The predicted octanol–water partition coefficient (Wildman–Crippen LogP) is 2.54. The van der Waals surface area contributed by atoms with Gasteiger partial charge in [-0.25, -0.2) is 4.39 Å². The van der Waals surface area contributed by atoms with Gasteiger partial charge < -0.3 is 20.2 Å². The lowest BCUT2D eigenvalue weighted by atomic mass is 10.1. The molecule has 0 amide bonds. The molecule has 0 aliphatic carbocycles. The van der Waals surface area contributed by atoms with Crippen LogP contribution in [-0.4, -0.2) is 13.7 Å². The maximum atomic E-state index is 13.7. The molecule has 96 valence electrons. The normalized spacial score (nSPS) is 12.2. The zero-order valence-electron chi connectivity index (χ0n) is 10.0. The Morgan fingerprint density at radius 1 is 1.44 bits per heavy atom. The van der Waals surface area contributed by atoms with Gasteiger partial charge in [0.25, 0.3) is 0 Å². The summed E-state index contributed by atoms with van der Waals surface area (Å²) in [7, 11) is 1.54. The smallest absolute Gasteiger partial charge is 0.146 e. The molecular weight excluding hydrogens is 235 g/mol. The molecule has 18 heavy (non-hydrogen) atoms. The molecule has 5 heteroatoms. The SMILES string of the molecule is COc1ccc(F)c(NC(CN)c2ccoc2)c1. The Morgan fingerprint density at radius 2 is 2.28 bits per heavy atom. The Morgan fingerprint density at radius 3 is 2.89 bits per heavy atom. The highest BCUT2D eigenvalue weighted by Crippen LogP contribution is 2.25. The van der Waals surface area contributed by atoms with E-state index in [1.807, 2.05) is 0 Å². The number of rotatable bonds is 5. The highest BCUT2D eigenvalue weighted by molar-refractivity contribution is 5.51. The number of methoxy groups -OCH3 is 1. The number of furan rings is 1. The van der Waals surface area contributed by atoms with Crippen LogP contribution in [0.3, 0.4) is 0 Å². The third kappa shape index (κ3) is 2.62. The van der Waals surface area contributed by atoms with Gasteiger partial charge in [0.15, 0.2) is 0 Å². The van der Waals surface area contributed by atoms with Crippen molar-refractivity contribution in [1.29, 1.82) is 0 Å². The zero-order valence-corrected chi connectivity index (χ0v) is 10.0. The molecule has 1 atom stereocenters. The first-order valence-corrected chi connectivity index (χ1v) is 5.57. The molecule has 0 radical (unpaired) electrons. The minimum absolute atomic E-state index is 0.203. The van der Waals surface area contributed by atoms with Gasteiger partial charge in [0.2, 0.25) is 0 Å². The molecule has 1 heterocycles. The largest absolute Gasteiger partial charge is 0.497 e. The molecule has 2 rings (SSSR count). The summed E-state index contributed by atoms with van der Waals surface area (Å²) < 4.78 is 23.7. The van der Waals surface area contributed by atoms with E-state index in [0.29, 0.717) is 18.0 Å². The molecule has 3 N–H and O–H groups in total. The summed E-state index contributed by atoms with van der Waals surface area (Å²) in [5.41, 5.74) is 6.90. The minimum Gasteiger partial charge on any atom is -0.497 e. The van der Waals surface area contributed by atoms with Crippen molar-refractivity contribution >= 4 is 5.69 Å². The lowest BCUT2D eigenvalue weighted by Crippen LogP contribution is -2.20. The monoisotopic (exact) mass is 250 g/mol. The average molecular weight is 250 g/mol. The summed E-state index contributed by atoms with van der Waals surface area (Å²) >= 11 is 0. The second-order valence-electron chi connectivity index (χ2n) is 3.84. The third-order valence-corrected chi connectivity index (χ3v) is 2.68. The fraction of sp³-hybridized carbons (Fsp3) is 0.231. The molecule has 0 bridgehead atoms. The first kappa shape index (κ1) is 12.4. The van der Waals surface area contributed by atoms with Gasteiger partial charge in [-0.1, -0.05) is 0 Å². The summed E-state index contributed by atoms with van der Waals surface area (Å²) in [6, 6.07) is 6.10. The van der Waals surface area contributed by atoms with E-state index < -0.39 is 0 Å². The van der Waals surface area contributed by atoms with Gasteiger partial charge in [0.1, 0.15) is 11.6 Å². The van der Waals surface area contributed by atoms with E-state index in [0.717, 1.165) is 5.56 Å². The van der Waals surface area contributed by atoms with Crippen molar-refractivity contribution in [2.75, 3.05) is 19.0 Å². The number of ether oxygens (including phenoxy) is 1. The van der Waals surface area contributed by atoms with E-state index in [2.05, 4.69) is 5.32 Å². The van der Waals surface area contributed by atoms with Crippen LogP contribution >= 0.6 is 0 Å². The highest BCUT2D eigenvalue weighted by atomic mass is 19.1. The number of benzene rings is 1. The standard InChI is InChI=1S/C13H15FN2O2/c1-17-10-2-3-11(14)12(6-10)16-13(7-15)9-4-5-18-8-9/h2-6,8,13,16H,7,15H2,1H3. The third-order valence-electron chi connectivity index (χ3n) is 2.68. The minimum atomic E-state index is -0.349. The van der Waals surface area contributed by atoms with Crippen molar-refractivity contribution in [2.45, 2.75) is 6.04 Å². The van der Waals surface area contributed by atoms with Gasteiger partial charge >= 0.3 is 0 Å². The van der Waals surface area contributed by atoms with Crippen LogP contribution in [0.5, 0.6) is 5.75 Å². The highest BCUT2D eigenvalue weighted by Gasteiger charge is 2.13. The van der Waals surface area contributed by atoms with E-state index in [9.17, 15) is 4.39 Å². The van der Waals surface area contributed by atoms with Gasteiger partial charge in [0, 0.05) is 18.2 Å². The molecule has 0 saturated heterocycles. The van der Waals surface area contributed by atoms with Crippen molar-refractivity contribution in [3.63, 3.8) is 0 Å². The van der Waals surface area contributed by atoms with Gasteiger partial charge in [-0.15, -0.1) is 0 Å². The summed E-state index contributed by atoms with van der Waals surface area (Å²) in [5.74, 6) is 0.236. The Labute approximate surface area is 105 Å². The fourth-order valence-corrected chi connectivity index (χ4v) is 1.68. The number of anilines is 1. The average Bonchev–Trinajstić information content (AvgIpc) is 2.91. The van der Waals surface area contributed by atoms with Gasteiger partial charge in [-0.3, -0.25) is 0 Å². The van der Waals surface area contributed by atoms with E-state index >= 15 is 0 Å². The van der Waals surface area contributed by atoms with Crippen LogP contribution in [0, 0.1) is 5.82 Å². The van der Waals surface area contributed by atoms with Crippen LogP contribution < -0.4 is 15.8 Å². The molecule has 2 aromatic rings. The maximum absolute atomic E-state index is 13.7. The summed E-state index contributed by atoms with van der Waals surface area (Å²) in [6.45, 7) is 0.330. The molecule has 1 aromatic heterocycles. The van der Waals surface area contributed by atoms with Crippen LogP contribution in [0.25, 0.3) is 0 Å². The predicted molar refractivity (Wildman–Crippen MR) is 67.1 cm³/mol. The van der Waals surface area contributed by atoms with Crippen molar-refractivity contribution in [2.24, 2.45) is 5.73 Å². The molecule has 0 saturated carbocycles. The molecule has 0 aliphatic rings. The number of halogens is 1. The quantitative estimate of drug-likeness (QED) is 0.856. The first-order chi connectivity index (χ1) is 8.74. The Hall–Kier alpha value is -2.01. The van der Waals surface area contributed by atoms with Gasteiger partial charge in [0.05, 0.1) is 31.4 Å². The van der Waals surface area contributed by atoms with Crippen LogP contribution in [0.2, 0.25) is 0 Å². The molecule has 0 fully saturated rings. The number of hydrogen-bond acceptors (Lipinski definition) is 4. The first-order valence-electron chi connectivity index (χ1n) is 5.57. The molecular formula is C13H15FN2O2. The van der Waals surface area contributed by atoms with Crippen LogP contribution in [0.1, 0.15) is 11.6 Å². The van der Waals surface area contributed by atoms with Gasteiger partial charge in [-0.2, -0.15) is 0 Å². The van der Waals surface area contributed by atoms with Crippen molar-refractivity contribution < 1.29 is 13.5 Å². The molecule has 1 unspecified atom stereocenters. The summed E-state index contributed by atoms with van der Waals surface area (Å²) in [5, 5.41) is 3.03. The van der Waals surface area contributed by atoms with Crippen LogP contribution in [0.4, 0.5) is 10.1 Å². The zero-order chi connectivity index (χ0) is 13.0. The van der Waals surface area contributed by atoms with E-state index in [1.165, 1.54) is 13.2 Å². The number of nitrogens with one attached hydrogen (secondary N) is 1. The van der Waals surface area contributed by atoms with Crippen LogP contribution in [0.15, 0.2) is 41.2 Å². The van der Waals surface area contributed by atoms with E-state index in [1.54, 1.807) is 30.7 Å². The topological polar surface area (TPSA) is 60.4 Å². The fourth-order valence-electron chi connectivity index (χ4n) is 1.68. The second-order valence-corrected chi connectivity index (χ2v) is 3.84. The van der Waals surface area contributed by atoms with Crippen molar-refractivity contribution in [1.82, 2.24) is 0 Å². The Kier molecular flexibility index (Phi) is 3.84. The van der Waals surface area contributed by atoms with Crippen LogP contribution in [-0.2, 0) is 0 Å². The molecule has 1 aromatic carbocycles. The van der Waals surface area contributed by atoms with E-state index in [4.69, 9.17) is 14.9 Å². The Bertz CT molecular complexity index is 500. The lowest BCUT2D eigenvalue weighted by molar-refractivity contribution is 0.414. The van der Waals surface area contributed by atoms with Crippen molar-refractivity contribution in [3.8, 4) is 5.75 Å². The molecule has 0 aliphatic heterocycles. The van der Waals surface area contributed by atoms with E-state index in [-0.39, 0.29) is 11.9 Å². The summed E-state index contributed by atoms with van der Waals surface area (Å²) in [4.78, 5) is 0. The Balaban J connectivity index is 2.21. The second kappa shape index (κ2) is 5.55. The molecule has 0 spiro atoms. The van der Waals surface area contributed by atoms with Crippen molar-refractivity contribution in [3.05, 3.63) is 48.2 Å². The number of nitrogens with two attached hydrogens (primary N) is 1. The lowest BCUT2D eigenvalue weighted by Gasteiger charge is -2.17. The van der Waals surface area contributed by atoms with Gasteiger partial charge in [-0.05, 0) is 18.2 Å². The maximum Gasteiger partial charge on any atom is 0.146 e.